The molecule has 2 aliphatic heterocycles. The quantitative estimate of drug-likeness (QED) is 0.255. The molecule has 7 rings (SSSR count). The van der Waals surface area contributed by atoms with Crippen molar-refractivity contribution in [2.45, 2.75) is 76.8 Å². The molecular weight excluding hydrogens is 624 g/mol. The number of benzene rings is 2. The molecule has 2 aromatic carbocycles. The Morgan fingerprint density at radius 1 is 0.918 bits per heavy atom. The number of Topliss-reactive ketones (excluding diaryl/α,β-unsaturated/α-hetero) is 1. The van der Waals surface area contributed by atoms with Gasteiger partial charge in [-0.25, -0.2) is 4.68 Å². The molecule has 13 heteroatoms. The monoisotopic (exact) mass is 664 g/mol. The third-order valence-electron chi connectivity index (χ3n) is 9.75. The van der Waals surface area contributed by atoms with Crippen LogP contribution in [0.2, 0.25) is 0 Å². The molecule has 3 aliphatic rings. The Labute approximate surface area is 283 Å². The van der Waals surface area contributed by atoms with Crippen LogP contribution in [-0.4, -0.2) is 78.5 Å². The highest BCUT2D eigenvalue weighted by atomic mass is 16.2. The number of carbonyl (C=O) groups is 5. The molecule has 2 aromatic heterocycles. The Hall–Kier alpha value is -5.33. The summed E-state index contributed by atoms with van der Waals surface area (Å²) in [5.74, 6) is -1.82. The van der Waals surface area contributed by atoms with Crippen molar-refractivity contribution in [3.63, 3.8) is 0 Å². The van der Waals surface area contributed by atoms with Gasteiger partial charge in [-0.3, -0.25) is 24.0 Å². The average Bonchev–Trinajstić information content (AvgIpc) is 3.50. The summed E-state index contributed by atoms with van der Waals surface area (Å²) in [6.45, 7) is 3.85. The third kappa shape index (κ3) is 6.70. The van der Waals surface area contributed by atoms with Gasteiger partial charge < -0.3 is 25.4 Å². The zero-order valence-corrected chi connectivity index (χ0v) is 27.5. The predicted molar refractivity (Wildman–Crippen MR) is 179 cm³/mol. The van der Waals surface area contributed by atoms with Gasteiger partial charge in [-0.05, 0) is 30.4 Å². The van der Waals surface area contributed by atoms with Crippen LogP contribution in [0.15, 0.2) is 67.0 Å². The number of carbonyl (C=O) groups excluding carboxylic acids is 5. The number of hydrogen-bond donors (Lipinski definition) is 3. The summed E-state index contributed by atoms with van der Waals surface area (Å²) in [5, 5.41) is 18.0. The van der Waals surface area contributed by atoms with Gasteiger partial charge in [0.25, 0.3) is 0 Å². The highest BCUT2D eigenvalue weighted by Crippen LogP contribution is 2.35. The second kappa shape index (κ2) is 13.3. The van der Waals surface area contributed by atoms with Gasteiger partial charge in [-0.1, -0.05) is 67.6 Å². The van der Waals surface area contributed by atoms with Gasteiger partial charge in [0, 0.05) is 48.0 Å². The molecule has 1 saturated carbocycles. The van der Waals surface area contributed by atoms with E-state index in [1.54, 1.807) is 26.5 Å². The van der Waals surface area contributed by atoms with Gasteiger partial charge in [0.05, 0.1) is 18.8 Å². The van der Waals surface area contributed by atoms with Gasteiger partial charge in [0.2, 0.25) is 23.6 Å². The first kappa shape index (κ1) is 32.2. The molecule has 4 heterocycles. The van der Waals surface area contributed by atoms with E-state index < -0.39 is 29.9 Å². The standard InChI is InChI=1S/C36H40N8O5/c1-21(2)32-36(49)38-28(14-22-8-4-3-5-9-22)34(47)37-16-24-17-44(41-40-24)25-15-30(35(48)39-32)43(18-25)31(45)20-42-19-27(33(46)23-12-13-23)26-10-6-7-11-29(26)42/h3-11,17,19,21,23,25,28,30,32H,12-16,18,20H2,1-2H3,(H,37,47)(H,38,49)(H,39,48)/t25-,28+,30-,32-/m0/s1. The first-order valence-corrected chi connectivity index (χ1v) is 16.9. The maximum absolute atomic E-state index is 14.1. The van der Waals surface area contributed by atoms with Crippen molar-refractivity contribution >= 4 is 40.3 Å². The summed E-state index contributed by atoms with van der Waals surface area (Å²) in [6, 6.07) is 13.8. The van der Waals surface area contributed by atoms with Gasteiger partial charge >= 0.3 is 0 Å². The van der Waals surface area contributed by atoms with Crippen LogP contribution in [0, 0.1) is 11.8 Å². The molecular formula is C36H40N8O5. The minimum Gasteiger partial charge on any atom is -0.349 e. The Morgan fingerprint density at radius 3 is 2.43 bits per heavy atom. The van der Waals surface area contributed by atoms with Crippen LogP contribution in [-0.2, 0) is 38.7 Å². The number of rotatable bonds is 7. The highest BCUT2D eigenvalue weighted by molar-refractivity contribution is 6.10. The molecule has 1 saturated heterocycles. The van der Waals surface area contributed by atoms with Crippen molar-refractivity contribution in [1.29, 1.82) is 0 Å². The van der Waals surface area contributed by atoms with E-state index in [1.807, 2.05) is 68.4 Å². The molecule has 254 valence electrons. The van der Waals surface area contributed by atoms with E-state index in [9.17, 15) is 24.0 Å². The molecule has 3 N–H and O–H groups in total. The van der Waals surface area contributed by atoms with Crippen LogP contribution in [0.3, 0.4) is 0 Å². The molecule has 13 nitrogen and oxygen atoms in total. The lowest BCUT2D eigenvalue weighted by Crippen LogP contribution is -2.58. The average molecular weight is 665 g/mol. The van der Waals surface area contributed by atoms with Crippen LogP contribution < -0.4 is 16.0 Å². The summed E-state index contributed by atoms with van der Waals surface area (Å²) in [4.78, 5) is 69.9. The van der Waals surface area contributed by atoms with Crippen LogP contribution in [0.4, 0.5) is 0 Å². The first-order valence-electron chi connectivity index (χ1n) is 16.9. The third-order valence-corrected chi connectivity index (χ3v) is 9.75. The van der Waals surface area contributed by atoms with Crippen molar-refractivity contribution < 1.29 is 24.0 Å². The fourth-order valence-corrected chi connectivity index (χ4v) is 6.88. The first-order chi connectivity index (χ1) is 23.7. The van der Waals surface area contributed by atoms with Crippen LogP contribution >= 0.6 is 0 Å². The van der Waals surface area contributed by atoms with E-state index in [0.29, 0.717) is 11.3 Å². The van der Waals surface area contributed by atoms with Crippen molar-refractivity contribution in [3.05, 3.63) is 83.8 Å². The Morgan fingerprint density at radius 2 is 1.67 bits per heavy atom. The Kier molecular flexibility index (Phi) is 8.74. The minimum absolute atomic E-state index is 0.0309. The molecule has 4 atom stereocenters. The minimum atomic E-state index is -0.957. The van der Waals surface area contributed by atoms with E-state index in [4.69, 9.17) is 0 Å². The second-order valence-electron chi connectivity index (χ2n) is 13.7. The lowest BCUT2D eigenvalue weighted by molar-refractivity contribution is -0.140. The number of para-hydroxylation sites is 1. The summed E-state index contributed by atoms with van der Waals surface area (Å²) >= 11 is 0. The van der Waals surface area contributed by atoms with E-state index >= 15 is 0 Å². The topological polar surface area (TPSA) is 160 Å². The SMILES string of the molecule is CC(C)[C@@H]1NC(=O)[C@@H]2C[C@@H](CN2C(=O)Cn2cc(C(=O)C3CC3)c3ccccc32)n2cc(nn2)CNC(=O)[C@@H](Cc2ccccc2)NC1=O. The van der Waals surface area contributed by atoms with Gasteiger partial charge in [-0.15, -0.1) is 5.10 Å². The largest absolute Gasteiger partial charge is 0.349 e. The molecule has 0 radical (unpaired) electrons. The number of nitrogens with one attached hydrogen (secondary N) is 3. The lowest BCUT2D eigenvalue weighted by atomic mass is 10.00. The number of likely N-dealkylation sites (tertiary alicyclic amines) is 1. The summed E-state index contributed by atoms with van der Waals surface area (Å²) in [5.41, 5.74) is 2.75. The lowest BCUT2D eigenvalue weighted by Gasteiger charge is -2.29. The van der Waals surface area contributed by atoms with Crippen LogP contribution in [0.25, 0.3) is 10.9 Å². The Balaban J connectivity index is 1.18. The maximum Gasteiger partial charge on any atom is 0.243 e. The fraction of sp³-hybridized carbons (Fsp3) is 0.417. The number of amides is 4. The predicted octanol–water partition coefficient (Wildman–Crippen LogP) is 2.17. The number of fused-ring (bicyclic) bond motifs is 6. The maximum atomic E-state index is 14.1. The van der Waals surface area contributed by atoms with E-state index in [0.717, 1.165) is 29.3 Å². The Bertz CT molecular complexity index is 1910. The highest BCUT2D eigenvalue weighted by Gasteiger charge is 2.43. The molecule has 4 amide bonds. The zero-order chi connectivity index (χ0) is 34.2. The number of nitrogens with zero attached hydrogens (tertiary/aromatic N) is 5. The summed E-state index contributed by atoms with van der Waals surface area (Å²) < 4.78 is 3.42. The molecule has 0 spiro atoms. The van der Waals surface area contributed by atoms with Gasteiger partial charge in [0.15, 0.2) is 5.78 Å². The second-order valence-corrected chi connectivity index (χ2v) is 13.7. The van der Waals surface area contributed by atoms with E-state index in [1.165, 1.54) is 0 Å². The molecule has 0 unspecified atom stereocenters. The van der Waals surface area contributed by atoms with Crippen LogP contribution in [0.5, 0.6) is 0 Å². The van der Waals surface area contributed by atoms with Crippen LogP contribution in [0.1, 0.15) is 60.8 Å². The van der Waals surface area contributed by atoms with Crippen molar-refractivity contribution in [2.24, 2.45) is 11.8 Å². The van der Waals surface area contributed by atoms with Gasteiger partial charge in [0.1, 0.15) is 30.4 Å². The number of aromatic nitrogens is 4. The van der Waals surface area contributed by atoms with E-state index in [2.05, 4.69) is 26.3 Å². The smallest absolute Gasteiger partial charge is 0.243 e. The fourth-order valence-electron chi connectivity index (χ4n) is 6.88. The number of ketones is 1. The normalized spacial score (nSPS) is 23.1. The van der Waals surface area contributed by atoms with Crippen molar-refractivity contribution in [1.82, 2.24) is 40.4 Å². The van der Waals surface area contributed by atoms with E-state index in [-0.39, 0.29) is 68.0 Å². The summed E-state index contributed by atoms with van der Waals surface area (Å²) in [6.07, 6.45) is 5.73. The number of hydrogen-bond acceptors (Lipinski definition) is 7. The van der Waals surface area contributed by atoms with Crippen molar-refractivity contribution in [3.8, 4) is 0 Å². The molecule has 1 aliphatic carbocycles. The molecule has 2 fully saturated rings. The molecule has 4 bridgehead atoms. The molecule has 4 aromatic rings. The van der Waals surface area contributed by atoms with Gasteiger partial charge in [-0.2, -0.15) is 0 Å². The zero-order valence-electron chi connectivity index (χ0n) is 27.5. The molecule has 49 heavy (non-hydrogen) atoms. The van der Waals surface area contributed by atoms with Crippen molar-refractivity contribution in [2.75, 3.05) is 6.54 Å². The summed E-state index contributed by atoms with van der Waals surface area (Å²) in [7, 11) is 0.